The van der Waals surface area contributed by atoms with Crippen LogP contribution in [0.5, 0.6) is 0 Å². The lowest BCUT2D eigenvalue weighted by Crippen LogP contribution is -2.35. The molecule has 0 fully saturated rings. The van der Waals surface area contributed by atoms with Crippen LogP contribution < -0.4 is 0 Å². The summed E-state index contributed by atoms with van der Waals surface area (Å²) < 4.78 is 0. The third-order valence-corrected chi connectivity index (χ3v) is 3.67. The second-order valence-electron chi connectivity index (χ2n) is 5.91. The summed E-state index contributed by atoms with van der Waals surface area (Å²) in [7, 11) is 0. The Hall–Kier alpha value is -2.37. The number of carboxylic acids is 2. The molecular formula is C16H19NO5. The van der Waals surface area contributed by atoms with Gasteiger partial charge in [-0.05, 0) is 23.1 Å². The Morgan fingerprint density at radius 2 is 1.91 bits per heavy atom. The van der Waals surface area contributed by atoms with E-state index in [2.05, 4.69) is 19.0 Å². The van der Waals surface area contributed by atoms with E-state index in [1.165, 1.54) is 0 Å². The van der Waals surface area contributed by atoms with Crippen molar-refractivity contribution in [2.24, 2.45) is 5.16 Å². The highest BCUT2D eigenvalue weighted by molar-refractivity contribution is 6.02. The van der Waals surface area contributed by atoms with Crippen molar-refractivity contribution < 1.29 is 24.6 Å². The summed E-state index contributed by atoms with van der Waals surface area (Å²) in [6, 6.07) is 7.75. The van der Waals surface area contributed by atoms with Crippen LogP contribution in [0.1, 0.15) is 50.2 Å². The smallest absolute Gasteiger partial charge is 0.307 e. The molecule has 118 valence electrons. The van der Waals surface area contributed by atoms with E-state index in [-0.39, 0.29) is 6.42 Å². The molecule has 0 saturated carbocycles. The van der Waals surface area contributed by atoms with Crippen molar-refractivity contribution in [2.75, 3.05) is 0 Å². The monoisotopic (exact) mass is 305 g/mol. The highest BCUT2D eigenvalue weighted by Crippen LogP contribution is 2.33. The number of carboxylic acid groups (broad SMARTS) is 2. The molecule has 1 heterocycles. The quantitative estimate of drug-likeness (QED) is 0.842. The summed E-state index contributed by atoms with van der Waals surface area (Å²) in [4.78, 5) is 27.3. The van der Waals surface area contributed by atoms with Crippen molar-refractivity contribution in [3.05, 3.63) is 35.4 Å². The average Bonchev–Trinajstić information content (AvgIpc) is 2.80. The predicted octanol–water partition coefficient (Wildman–Crippen LogP) is 2.62. The minimum Gasteiger partial charge on any atom is -0.481 e. The van der Waals surface area contributed by atoms with E-state index in [4.69, 9.17) is 15.1 Å². The number of hydrogen-bond acceptors (Lipinski definition) is 4. The molecule has 1 aromatic carbocycles. The minimum atomic E-state index is -1.30. The van der Waals surface area contributed by atoms with Crippen molar-refractivity contribution in [3.8, 4) is 0 Å². The van der Waals surface area contributed by atoms with Crippen LogP contribution in [0.3, 0.4) is 0 Å². The van der Waals surface area contributed by atoms with Crippen molar-refractivity contribution >= 4 is 17.7 Å². The fourth-order valence-electron chi connectivity index (χ4n) is 2.56. The lowest BCUT2D eigenvalue weighted by molar-refractivity contribution is -0.151. The Kier molecular flexibility index (Phi) is 4.49. The van der Waals surface area contributed by atoms with Gasteiger partial charge in [-0.2, -0.15) is 0 Å². The summed E-state index contributed by atoms with van der Waals surface area (Å²) in [6.07, 6.45) is -0.612. The zero-order valence-electron chi connectivity index (χ0n) is 12.6. The number of benzene rings is 1. The maximum absolute atomic E-state index is 11.0. The van der Waals surface area contributed by atoms with Crippen LogP contribution in [0, 0.1) is 0 Å². The summed E-state index contributed by atoms with van der Waals surface area (Å²) in [6.45, 7) is 4.15. The largest absolute Gasteiger partial charge is 0.481 e. The molecule has 0 unspecified atom stereocenters. The average molecular weight is 305 g/mol. The summed E-state index contributed by atoms with van der Waals surface area (Å²) in [5.41, 5.74) is 1.25. The van der Waals surface area contributed by atoms with Crippen molar-refractivity contribution in [2.45, 2.75) is 44.6 Å². The molecule has 2 N–H and O–H groups in total. The molecule has 6 nitrogen and oxygen atoms in total. The molecular weight excluding hydrogens is 286 g/mol. The third kappa shape index (κ3) is 3.63. The zero-order valence-corrected chi connectivity index (χ0v) is 12.6. The van der Waals surface area contributed by atoms with E-state index in [0.29, 0.717) is 11.6 Å². The Balaban J connectivity index is 2.23. The van der Waals surface area contributed by atoms with Crippen molar-refractivity contribution in [3.63, 3.8) is 0 Å². The third-order valence-electron chi connectivity index (χ3n) is 3.67. The van der Waals surface area contributed by atoms with E-state index < -0.39 is 30.4 Å². The van der Waals surface area contributed by atoms with Crippen LogP contribution in [0.25, 0.3) is 0 Å². The van der Waals surface area contributed by atoms with Crippen LogP contribution in [0.4, 0.5) is 0 Å². The number of rotatable bonds is 6. The highest BCUT2D eigenvalue weighted by atomic mass is 16.7. The SMILES string of the molecule is CC(C)c1cccc(C2=NOC(CC(=O)O)(CC(=O)O)C2)c1. The first-order valence-electron chi connectivity index (χ1n) is 7.10. The van der Waals surface area contributed by atoms with Gasteiger partial charge in [-0.3, -0.25) is 9.59 Å². The lowest BCUT2D eigenvalue weighted by Gasteiger charge is -2.22. The molecule has 0 aromatic heterocycles. The molecule has 2 rings (SSSR count). The standard InChI is InChI=1S/C16H19NO5/c1-10(2)11-4-3-5-12(6-11)13-7-16(22-17-13,8-14(18)19)9-15(20)21/h3-6,10H,7-9H2,1-2H3,(H,18,19)(H,20,21). The summed E-state index contributed by atoms with van der Waals surface area (Å²) in [5.74, 6) is -1.85. The van der Waals surface area contributed by atoms with Crippen LogP contribution in [0.2, 0.25) is 0 Å². The topological polar surface area (TPSA) is 96.2 Å². The molecule has 0 atom stereocenters. The number of hydrogen-bond donors (Lipinski definition) is 2. The van der Waals surface area contributed by atoms with Gasteiger partial charge < -0.3 is 15.1 Å². The van der Waals surface area contributed by atoms with Crippen LogP contribution in [-0.2, 0) is 14.4 Å². The number of carbonyl (C=O) groups is 2. The highest BCUT2D eigenvalue weighted by Gasteiger charge is 2.43. The van der Waals surface area contributed by atoms with E-state index in [1.54, 1.807) is 0 Å². The van der Waals surface area contributed by atoms with Crippen molar-refractivity contribution in [1.29, 1.82) is 0 Å². The van der Waals surface area contributed by atoms with E-state index in [9.17, 15) is 9.59 Å². The molecule has 0 spiro atoms. The molecule has 6 heteroatoms. The maximum Gasteiger partial charge on any atom is 0.307 e. The number of oxime groups is 1. The Bertz CT molecular complexity index is 605. The van der Waals surface area contributed by atoms with E-state index in [0.717, 1.165) is 11.1 Å². The molecule has 1 aromatic rings. The second kappa shape index (κ2) is 6.17. The van der Waals surface area contributed by atoms with Gasteiger partial charge in [0.15, 0.2) is 5.60 Å². The zero-order chi connectivity index (χ0) is 16.3. The van der Waals surface area contributed by atoms with Gasteiger partial charge in [0.25, 0.3) is 0 Å². The minimum absolute atomic E-state index is 0.174. The van der Waals surface area contributed by atoms with Gasteiger partial charge in [-0.25, -0.2) is 0 Å². The van der Waals surface area contributed by atoms with Gasteiger partial charge in [0.1, 0.15) is 0 Å². The first-order valence-corrected chi connectivity index (χ1v) is 7.10. The molecule has 0 radical (unpaired) electrons. The molecule has 0 aliphatic carbocycles. The second-order valence-corrected chi connectivity index (χ2v) is 5.91. The number of aliphatic carboxylic acids is 2. The predicted molar refractivity (Wildman–Crippen MR) is 80.0 cm³/mol. The maximum atomic E-state index is 11.0. The Morgan fingerprint density at radius 3 is 2.45 bits per heavy atom. The normalized spacial score (nSPS) is 16.2. The Labute approximate surface area is 128 Å². The number of nitrogens with zero attached hydrogens (tertiary/aromatic N) is 1. The molecule has 1 aliphatic heterocycles. The summed E-state index contributed by atoms with van der Waals surface area (Å²) in [5, 5.41) is 22.0. The van der Waals surface area contributed by atoms with E-state index >= 15 is 0 Å². The van der Waals surface area contributed by atoms with Gasteiger partial charge >= 0.3 is 11.9 Å². The molecule has 0 bridgehead atoms. The van der Waals surface area contributed by atoms with Crippen LogP contribution in [0.15, 0.2) is 29.4 Å². The van der Waals surface area contributed by atoms with Gasteiger partial charge in [-0.15, -0.1) is 0 Å². The van der Waals surface area contributed by atoms with Crippen LogP contribution in [-0.4, -0.2) is 33.5 Å². The van der Waals surface area contributed by atoms with Gasteiger partial charge in [0.2, 0.25) is 0 Å². The van der Waals surface area contributed by atoms with Crippen LogP contribution >= 0.6 is 0 Å². The molecule has 0 saturated heterocycles. The lowest BCUT2D eigenvalue weighted by atomic mass is 9.87. The summed E-state index contributed by atoms with van der Waals surface area (Å²) >= 11 is 0. The van der Waals surface area contributed by atoms with Gasteiger partial charge in [0.05, 0.1) is 18.6 Å². The van der Waals surface area contributed by atoms with E-state index in [1.807, 2.05) is 24.3 Å². The fourth-order valence-corrected chi connectivity index (χ4v) is 2.56. The molecule has 1 aliphatic rings. The molecule has 22 heavy (non-hydrogen) atoms. The fraction of sp³-hybridized carbons (Fsp3) is 0.438. The first kappa shape index (κ1) is 16.0. The van der Waals surface area contributed by atoms with Gasteiger partial charge in [-0.1, -0.05) is 37.2 Å². The molecule has 0 amide bonds. The van der Waals surface area contributed by atoms with Gasteiger partial charge in [0, 0.05) is 6.42 Å². The van der Waals surface area contributed by atoms with Crippen molar-refractivity contribution in [1.82, 2.24) is 0 Å². The Morgan fingerprint density at radius 1 is 1.27 bits per heavy atom. The first-order chi connectivity index (χ1) is 10.3.